The molecule has 0 amide bonds. The zero-order valence-electron chi connectivity index (χ0n) is 30.3. The lowest BCUT2D eigenvalue weighted by Gasteiger charge is -2.36. The molecule has 0 aliphatic carbocycles. The molecule has 260 valence electrons. The summed E-state index contributed by atoms with van der Waals surface area (Å²) < 4.78 is 13.5. The molecule has 0 saturated carbocycles. The minimum Gasteiger partial charge on any atom is -0.344 e. The van der Waals surface area contributed by atoms with Crippen LogP contribution in [-0.2, 0) is 9.47 Å². The molecule has 0 radical (unpaired) electrons. The summed E-state index contributed by atoms with van der Waals surface area (Å²) in [5, 5.41) is 0. The van der Waals surface area contributed by atoms with Gasteiger partial charge in [-0.25, -0.2) is 0 Å². The van der Waals surface area contributed by atoms with E-state index < -0.39 is 0 Å². The van der Waals surface area contributed by atoms with E-state index in [-0.39, 0.29) is 5.79 Å². The van der Waals surface area contributed by atoms with E-state index in [2.05, 4.69) is 74.4 Å². The number of unbranched alkanes of at least 4 members (excludes halogenated alkanes) is 16. The molecular formula is C42H75NO2. The van der Waals surface area contributed by atoms with Crippen LogP contribution >= 0.6 is 0 Å². The van der Waals surface area contributed by atoms with E-state index in [1.165, 1.54) is 141 Å². The van der Waals surface area contributed by atoms with Crippen LogP contribution in [0.3, 0.4) is 0 Å². The molecular weight excluding hydrogens is 550 g/mol. The average Bonchev–Trinajstić information content (AvgIpc) is 3.39. The summed E-state index contributed by atoms with van der Waals surface area (Å²) in [6, 6.07) is 0. The highest BCUT2D eigenvalue weighted by molar-refractivity contribution is 4.94. The average molecular weight is 626 g/mol. The normalized spacial score (nSPS) is 20.8. The minimum atomic E-state index is -0.296. The van der Waals surface area contributed by atoms with Crippen LogP contribution in [0.5, 0.6) is 0 Å². The molecule has 2 saturated heterocycles. The first-order valence-corrected chi connectivity index (χ1v) is 19.8. The maximum atomic E-state index is 6.77. The van der Waals surface area contributed by atoms with Gasteiger partial charge in [0.15, 0.2) is 5.79 Å². The summed E-state index contributed by atoms with van der Waals surface area (Å²) in [5.41, 5.74) is 0. The van der Waals surface area contributed by atoms with Gasteiger partial charge in [-0.15, -0.1) is 0 Å². The van der Waals surface area contributed by atoms with Crippen molar-refractivity contribution in [3.63, 3.8) is 0 Å². The summed E-state index contributed by atoms with van der Waals surface area (Å²) in [6.07, 6.45) is 52.3. The zero-order chi connectivity index (χ0) is 32.1. The summed E-state index contributed by atoms with van der Waals surface area (Å²) in [5.74, 6) is -0.296. The van der Waals surface area contributed by atoms with Crippen molar-refractivity contribution in [1.82, 2.24) is 4.90 Å². The Balaban J connectivity index is 1.54. The van der Waals surface area contributed by atoms with Crippen LogP contribution in [0, 0.1) is 0 Å². The van der Waals surface area contributed by atoms with Gasteiger partial charge in [0.25, 0.3) is 0 Å². The number of hydrogen-bond donors (Lipinski definition) is 0. The van der Waals surface area contributed by atoms with Crippen molar-refractivity contribution in [1.29, 1.82) is 0 Å². The van der Waals surface area contributed by atoms with Crippen molar-refractivity contribution in [3.8, 4) is 0 Å². The van der Waals surface area contributed by atoms with Gasteiger partial charge in [0.1, 0.15) is 0 Å². The van der Waals surface area contributed by atoms with E-state index in [1.54, 1.807) is 0 Å². The molecule has 2 fully saturated rings. The zero-order valence-corrected chi connectivity index (χ0v) is 30.3. The number of likely N-dealkylation sites (tertiary alicyclic amines) is 1. The molecule has 0 bridgehead atoms. The van der Waals surface area contributed by atoms with Gasteiger partial charge in [-0.05, 0) is 84.1 Å². The molecule has 3 heteroatoms. The molecule has 2 heterocycles. The topological polar surface area (TPSA) is 21.7 Å². The molecule has 2 aliphatic heterocycles. The lowest BCUT2D eigenvalue weighted by atomic mass is 9.99. The first-order chi connectivity index (χ1) is 22.2. The number of nitrogens with zero attached hydrogens (tertiary/aromatic N) is 1. The third kappa shape index (κ3) is 20.6. The summed E-state index contributed by atoms with van der Waals surface area (Å²) in [7, 11) is 2.22. The third-order valence-corrected chi connectivity index (χ3v) is 9.77. The number of ether oxygens (including phenoxy) is 2. The fourth-order valence-corrected chi connectivity index (χ4v) is 6.73. The van der Waals surface area contributed by atoms with Gasteiger partial charge in [0.2, 0.25) is 0 Å². The quantitative estimate of drug-likeness (QED) is 0.0638. The van der Waals surface area contributed by atoms with E-state index in [0.717, 1.165) is 38.8 Å². The Labute approximate surface area is 281 Å². The van der Waals surface area contributed by atoms with Crippen LogP contribution in [0.25, 0.3) is 0 Å². The van der Waals surface area contributed by atoms with E-state index in [9.17, 15) is 0 Å². The molecule has 2 rings (SSSR count). The maximum absolute atomic E-state index is 6.77. The van der Waals surface area contributed by atoms with Gasteiger partial charge in [-0.1, -0.05) is 140 Å². The largest absolute Gasteiger partial charge is 0.344 e. The van der Waals surface area contributed by atoms with Gasteiger partial charge >= 0.3 is 0 Å². The first-order valence-electron chi connectivity index (χ1n) is 19.8. The lowest BCUT2D eigenvalue weighted by Crippen LogP contribution is -2.44. The highest BCUT2D eigenvalue weighted by atomic mass is 16.8. The summed E-state index contributed by atoms with van der Waals surface area (Å²) in [6.45, 7) is 6.72. The van der Waals surface area contributed by atoms with Crippen LogP contribution in [0.4, 0.5) is 0 Å². The molecule has 0 aromatic carbocycles. The van der Waals surface area contributed by atoms with E-state index in [4.69, 9.17) is 9.47 Å². The van der Waals surface area contributed by atoms with Crippen molar-refractivity contribution < 1.29 is 9.47 Å². The van der Waals surface area contributed by atoms with Crippen molar-refractivity contribution in [2.24, 2.45) is 0 Å². The lowest BCUT2D eigenvalue weighted by molar-refractivity contribution is -0.200. The number of rotatable bonds is 28. The smallest absolute Gasteiger partial charge is 0.171 e. The van der Waals surface area contributed by atoms with Crippen LogP contribution < -0.4 is 0 Å². The van der Waals surface area contributed by atoms with Crippen molar-refractivity contribution in [2.75, 3.05) is 20.1 Å². The Morgan fingerprint density at radius 1 is 0.489 bits per heavy atom. The number of hydrogen-bond acceptors (Lipinski definition) is 3. The molecule has 3 nitrogen and oxygen atoms in total. The Morgan fingerprint density at radius 2 is 0.844 bits per heavy atom. The standard InChI is InChI=1S/C42H75NO2/c1-4-6-8-10-12-14-16-18-20-22-24-26-28-30-32-34-40-41(45-42(44-40)36-38-43(3)39-37-42)35-33-31-29-27-25-23-21-19-17-15-13-11-9-7-5-2/h12-15,18-21,40-41H,4-11,16-17,22-39H2,1-3H3/b14-12-,15-13-,20-18-,21-19-. The van der Waals surface area contributed by atoms with Crippen molar-refractivity contribution in [3.05, 3.63) is 48.6 Å². The maximum Gasteiger partial charge on any atom is 0.171 e. The van der Waals surface area contributed by atoms with E-state index in [1.807, 2.05) is 0 Å². The molecule has 0 aromatic rings. The Bertz CT molecular complexity index is 720. The fourth-order valence-electron chi connectivity index (χ4n) is 6.73. The monoisotopic (exact) mass is 626 g/mol. The molecule has 0 N–H and O–H groups in total. The first kappa shape index (κ1) is 40.0. The van der Waals surface area contributed by atoms with Crippen molar-refractivity contribution in [2.45, 2.75) is 199 Å². The molecule has 2 unspecified atom stereocenters. The van der Waals surface area contributed by atoms with Crippen molar-refractivity contribution >= 4 is 0 Å². The third-order valence-electron chi connectivity index (χ3n) is 9.77. The van der Waals surface area contributed by atoms with Gasteiger partial charge in [0.05, 0.1) is 12.2 Å². The molecule has 2 atom stereocenters. The minimum absolute atomic E-state index is 0.296. The second-order valence-electron chi connectivity index (χ2n) is 14.1. The molecule has 2 aliphatic rings. The van der Waals surface area contributed by atoms with Gasteiger partial charge in [-0.2, -0.15) is 0 Å². The molecule has 45 heavy (non-hydrogen) atoms. The summed E-state index contributed by atoms with van der Waals surface area (Å²) >= 11 is 0. The van der Waals surface area contributed by atoms with Gasteiger partial charge in [0, 0.05) is 25.9 Å². The molecule has 0 aromatic heterocycles. The highest BCUT2D eigenvalue weighted by Crippen LogP contribution is 2.40. The Hall–Kier alpha value is -1.16. The second-order valence-corrected chi connectivity index (χ2v) is 14.1. The van der Waals surface area contributed by atoms with E-state index >= 15 is 0 Å². The van der Waals surface area contributed by atoms with Crippen LogP contribution in [0.1, 0.15) is 181 Å². The highest BCUT2D eigenvalue weighted by Gasteiger charge is 2.47. The van der Waals surface area contributed by atoms with Gasteiger partial charge < -0.3 is 14.4 Å². The second kappa shape index (κ2) is 27.9. The summed E-state index contributed by atoms with van der Waals surface area (Å²) in [4.78, 5) is 2.42. The van der Waals surface area contributed by atoms with Crippen LogP contribution in [0.15, 0.2) is 48.6 Å². The number of allylic oxidation sites excluding steroid dienone is 8. The van der Waals surface area contributed by atoms with Crippen LogP contribution in [-0.4, -0.2) is 43.0 Å². The SMILES string of the molecule is CCCCC/C=C\C/C=C\CCCCCCCC1OC2(CCN(C)CC2)OC1CCCCCCC/C=C\C/C=C\CCCCC. The van der Waals surface area contributed by atoms with Gasteiger partial charge in [-0.3, -0.25) is 0 Å². The predicted molar refractivity (Wildman–Crippen MR) is 198 cm³/mol. The predicted octanol–water partition coefficient (Wildman–Crippen LogP) is 12.8. The van der Waals surface area contributed by atoms with E-state index in [0.29, 0.717) is 12.2 Å². The number of piperidine rings is 1. The Morgan fingerprint density at radius 3 is 1.24 bits per heavy atom. The Kier molecular flexibility index (Phi) is 24.8. The fraction of sp³-hybridized carbons (Fsp3) is 0.810. The molecule has 1 spiro atoms. The van der Waals surface area contributed by atoms with Crippen LogP contribution in [0.2, 0.25) is 0 Å².